The number of aromatic carboxylic acids is 1. The molecule has 5 nitrogen and oxygen atoms in total. The molecule has 1 rings (SSSR count). The second-order valence-electron chi connectivity index (χ2n) is 4.04. The molecule has 0 bridgehead atoms. The zero-order valence-corrected chi connectivity index (χ0v) is 10.5. The van der Waals surface area contributed by atoms with Gasteiger partial charge in [0.15, 0.2) is 0 Å². The first-order valence-corrected chi connectivity index (χ1v) is 5.59. The van der Waals surface area contributed by atoms with E-state index >= 15 is 0 Å². The third-order valence-electron chi connectivity index (χ3n) is 2.45. The van der Waals surface area contributed by atoms with E-state index in [0.29, 0.717) is 6.54 Å². The Hall–Kier alpha value is -2.17. The summed E-state index contributed by atoms with van der Waals surface area (Å²) in [6.07, 6.45) is 3.01. The SMILES string of the molecule is C=CCN(C(=O)c1ncccc1C(=O)O)C(C)C. The number of aromatic nitrogens is 1. The number of amides is 1. The minimum absolute atomic E-state index is 0.0412. The maximum Gasteiger partial charge on any atom is 0.338 e. The summed E-state index contributed by atoms with van der Waals surface area (Å²) in [5, 5.41) is 9.03. The number of hydrogen-bond donors (Lipinski definition) is 1. The number of pyridine rings is 1. The van der Waals surface area contributed by atoms with E-state index in [4.69, 9.17) is 5.11 Å². The van der Waals surface area contributed by atoms with Gasteiger partial charge in [0.25, 0.3) is 5.91 Å². The van der Waals surface area contributed by atoms with Crippen LogP contribution in [0.5, 0.6) is 0 Å². The molecule has 0 unspecified atom stereocenters. The van der Waals surface area contributed by atoms with Crippen molar-refractivity contribution in [3.05, 3.63) is 42.2 Å². The van der Waals surface area contributed by atoms with Crippen LogP contribution in [-0.4, -0.2) is 39.5 Å². The molecule has 1 aromatic rings. The van der Waals surface area contributed by atoms with E-state index in [0.717, 1.165) is 0 Å². The molecule has 0 saturated heterocycles. The summed E-state index contributed by atoms with van der Waals surface area (Å²) in [7, 11) is 0. The fourth-order valence-corrected chi connectivity index (χ4v) is 1.55. The fraction of sp³-hybridized carbons (Fsp3) is 0.308. The third kappa shape index (κ3) is 2.94. The molecule has 96 valence electrons. The zero-order valence-electron chi connectivity index (χ0n) is 10.5. The molecule has 0 spiro atoms. The smallest absolute Gasteiger partial charge is 0.338 e. The molecule has 1 heterocycles. The molecule has 1 aromatic heterocycles. The highest BCUT2D eigenvalue weighted by molar-refractivity contribution is 6.03. The normalized spacial score (nSPS) is 10.2. The first kappa shape index (κ1) is 13.9. The van der Waals surface area contributed by atoms with E-state index in [2.05, 4.69) is 11.6 Å². The van der Waals surface area contributed by atoms with Crippen molar-refractivity contribution in [2.75, 3.05) is 6.54 Å². The lowest BCUT2D eigenvalue weighted by Crippen LogP contribution is -2.38. The van der Waals surface area contributed by atoms with Crippen molar-refractivity contribution >= 4 is 11.9 Å². The van der Waals surface area contributed by atoms with Crippen molar-refractivity contribution in [2.45, 2.75) is 19.9 Å². The largest absolute Gasteiger partial charge is 0.478 e. The molecule has 0 aromatic carbocycles. The van der Waals surface area contributed by atoms with Crippen LogP contribution in [0.4, 0.5) is 0 Å². The van der Waals surface area contributed by atoms with Crippen LogP contribution in [0.15, 0.2) is 31.0 Å². The Morgan fingerprint density at radius 3 is 2.72 bits per heavy atom. The first-order chi connectivity index (χ1) is 8.49. The van der Waals surface area contributed by atoms with Crippen LogP contribution in [-0.2, 0) is 0 Å². The lowest BCUT2D eigenvalue weighted by atomic mass is 10.1. The highest BCUT2D eigenvalue weighted by atomic mass is 16.4. The van der Waals surface area contributed by atoms with Crippen molar-refractivity contribution < 1.29 is 14.7 Å². The van der Waals surface area contributed by atoms with Gasteiger partial charge in [-0.25, -0.2) is 4.79 Å². The zero-order chi connectivity index (χ0) is 13.7. The molecule has 1 amide bonds. The second kappa shape index (κ2) is 5.95. The third-order valence-corrected chi connectivity index (χ3v) is 2.45. The Morgan fingerprint density at radius 2 is 2.22 bits per heavy atom. The quantitative estimate of drug-likeness (QED) is 0.807. The van der Waals surface area contributed by atoms with Gasteiger partial charge in [-0.3, -0.25) is 9.78 Å². The minimum atomic E-state index is -1.16. The predicted molar refractivity (Wildman–Crippen MR) is 67.6 cm³/mol. The summed E-state index contributed by atoms with van der Waals surface area (Å²) in [5.41, 5.74) is -0.127. The predicted octanol–water partition coefficient (Wildman–Crippen LogP) is 1.82. The molecule has 0 fully saturated rings. The van der Waals surface area contributed by atoms with Crippen LogP contribution in [0.3, 0.4) is 0 Å². The van der Waals surface area contributed by atoms with Gasteiger partial charge in [0.05, 0.1) is 5.56 Å². The molecule has 0 aliphatic rings. The van der Waals surface area contributed by atoms with Gasteiger partial charge in [-0.15, -0.1) is 6.58 Å². The Bertz CT molecular complexity index is 469. The van der Waals surface area contributed by atoms with Crippen LogP contribution in [0, 0.1) is 0 Å². The number of carbonyl (C=O) groups excluding carboxylic acids is 1. The molecule has 5 heteroatoms. The number of rotatable bonds is 5. The lowest BCUT2D eigenvalue weighted by Gasteiger charge is -2.25. The van der Waals surface area contributed by atoms with Crippen LogP contribution in [0.1, 0.15) is 34.7 Å². The van der Waals surface area contributed by atoms with Gasteiger partial charge >= 0.3 is 5.97 Å². The molecule has 18 heavy (non-hydrogen) atoms. The Kier molecular flexibility index (Phi) is 4.59. The average molecular weight is 248 g/mol. The van der Waals surface area contributed by atoms with E-state index in [9.17, 15) is 9.59 Å². The van der Waals surface area contributed by atoms with Crippen LogP contribution in [0.2, 0.25) is 0 Å². The molecular formula is C13H16N2O3. The van der Waals surface area contributed by atoms with Crippen LogP contribution >= 0.6 is 0 Å². The molecule has 0 radical (unpaired) electrons. The van der Waals surface area contributed by atoms with Crippen molar-refractivity contribution in [2.24, 2.45) is 0 Å². The van der Waals surface area contributed by atoms with Gasteiger partial charge in [0.1, 0.15) is 5.69 Å². The van der Waals surface area contributed by atoms with Gasteiger partial charge in [-0.05, 0) is 26.0 Å². The highest BCUT2D eigenvalue weighted by Crippen LogP contribution is 2.11. The van der Waals surface area contributed by atoms with E-state index in [-0.39, 0.29) is 17.3 Å². The second-order valence-corrected chi connectivity index (χ2v) is 4.04. The number of carboxylic acid groups (broad SMARTS) is 1. The van der Waals surface area contributed by atoms with Crippen molar-refractivity contribution in [3.8, 4) is 0 Å². The first-order valence-electron chi connectivity index (χ1n) is 5.59. The summed E-state index contributed by atoms with van der Waals surface area (Å²) in [5.74, 6) is -1.56. The van der Waals surface area contributed by atoms with Crippen molar-refractivity contribution in [1.29, 1.82) is 0 Å². The Labute approximate surface area is 106 Å². The number of hydrogen-bond acceptors (Lipinski definition) is 3. The molecule has 0 aliphatic heterocycles. The lowest BCUT2D eigenvalue weighted by molar-refractivity contribution is 0.0663. The monoisotopic (exact) mass is 248 g/mol. The molecule has 1 N–H and O–H groups in total. The Balaban J connectivity index is 3.16. The van der Waals surface area contributed by atoms with Gasteiger partial charge < -0.3 is 10.0 Å². The van der Waals surface area contributed by atoms with Gasteiger partial charge in [0.2, 0.25) is 0 Å². The molecular weight excluding hydrogens is 232 g/mol. The van der Waals surface area contributed by atoms with E-state index in [1.807, 2.05) is 13.8 Å². The maximum absolute atomic E-state index is 12.3. The van der Waals surface area contributed by atoms with Gasteiger partial charge in [-0.1, -0.05) is 6.08 Å². The van der Waals surface area contributed by atoms with E-state index in [1.54, 1.807) is 6.08 Å². The molecule has 0 saturated carbocycles. The van der Waals surface area contributed by atoms with Crippen molar-refractivity contribution in [3.63, 3.8) is 0 Å². The standard InChI is InChI=1S/C13H16N2O3/c1-4-8-15(9(2)3)12(16)11-10(13(17)18)6-5-7-14-11/h4-7,9H,1,8H2,2-3H3,(H,17,18). The summed E-state index contributed by atoms with van der Waals surface area (Å²) in [6, 6.07) is 2.81. The highest BCUT2D eigenvalue weighted by Gasteiger charge is 2.23. The molecule has 0 aliphatic carbocycles. The fourth-order valence-electron chi connectivity index (χ4n) is 1.55. The summed E-state index contributed by atoms with van der Waals surface area (Å²) >= 11 is 0. The molecule has 0 atom stereocenters. The average Bonchev–Trinajstić information content (AvgIpc) is 2.34. The Morgan fingerprint density at radius 1 is 1.56 bits per heavy atom. The minimum Gasteiger partial charge on any atom is -0.478 e. The van der Waals surface area contributed by atoms with E-state index < -0.39 is 11.9 Å². The maximum atomic E-state index is 12.3. The number of nitrogens with zero attached hydrogens (tertiary/aromatic N) is 2. The number of carbonyl (C=O) groups is 2. The van der Waals surface area contributed by atoms with Gasteiger partial charge in [-0.2, -0.15) is 0 Å². The van der Waals surface area contributed by atoms with Gasteiger partial charge in [0, 0.05) is 18.8 Å². The van der Waals surface area contributed by atoms with E-state index in [1.165, 1.54) is 23.2 Å². The summed E-state index contributed by atoms with van der Waals surface area (Å²) in [4.78, 5) is 28.7. The summed E-state index contributed by atoms with van der Waals surface area (Å²) in [6.45, 7) is 7.64. The van der Waals surface area contributed by atoms with Crippen LogP contribution in [0.25, 0.3) is 0 Å². The topological polar surface area (TPSA) is 70.5 Å². The number of carboxylic acids is 1. The van der Waals surface area contributed by atoms with Crippen LogP contribution < -0.4 is 0 Å². The van der Waals surface area contributed by atoms with Crippen molar-refractivity contribution in [1.82, 2.24) is 9.88 Å². The summed E-state index contributed by atoms with van der Waals surface area (Å²) < 4.78 is 0.